The SMILES string of the molecule is Clc1nc2cnnn2c2ccccc12. The van der Waals surface area contributed by atoms with Crippen LogP contribution in [-0.4, -0.2) is 19.8 Å². The van der Waals surface area contributed by atoms with Crippen LogP contribution in [0.5, 0.6) is 0 Å². The third kappa shape index (κ3) is 0.914. The van der Waals surface area contributed by atoms with E-state index >= 15 is 0 Å². The highest BCUT2D eigenvalue weighted by molar-refractivity contribution is 6.34. The van der Waals surface area contributed by atoms with Crippen LogP contribution in [0.25, 0.3) is 16.6 Å². The maximum atomic E-state index is 6.01. The van der Waals surface area contributed by atoms with Crippen LogP contribution < -0.4 is 0 Å². The van der Waals surface area contributed by atoms with Crippen molar-refractivity contribution in [1.82, 2.24) is 19.8 Å². The first-order chi connectivity index (χ1) is 6.86. The molecule has 2 heterocycles. The molecule has 5 heteroatoms. The van der Waals surface area contributed by atoms with Crippen LogP contribution in [0.4, 0.5) is 0 Å². The fourth-order valence-corrected chi connectivity index (χ4v) is 1.72. The van der Waals surface area contributed by atoms with Gasteiger partial charge in [-0.15, -0.1) is 5.10 Å². The van der Waals surface area contributed by atoms with Crippen molar-refractivity contribution < 1.29 is 0 Å². The van der Waals surface area contributed by atoms with E-state index in [1.807, 2.05) is 24.3 Å². The number of aromatic nitrogens is 4. The van der Waals surface area contributed by atoms with Gasteiger partial charge in [-0.1, -0.05) is 28.9 Å². The third-order valence-corrected chi connectivity index (χ3v) is 2.39. The Balaban J connectivity index is 2.67. The lowest BCUT2D eigenvalue weighted by Crippen LogP contribution is -1.93. The molecule has 0 spiro atoms. The van der Waals surface area contributed by atoms with Crippen molar-refractivity contribution in [3.8, 4) is 0 Å². The molecule has 0 radical (unpaired) electrons. The summed E-state index contributed by atoms with van der Waals surface area (Å²) in [6.07, 6.45) is 1.58. The summed E-state index contributed by atoms with van der Waals surface area (Å²) in [7, 11) is 0. The summed E-state index contributed by atoms with van der Waals surface area (Å²) in [6.45, 7) is 0. The van der Waals surface area contributed by atoms with E-state index in [1.165, 1.54) is 0 Å². The summed E-state index contributed by atoms with van der Waals surface area (Å²) >= 11 is 6.01. The highest BCUT2D eigenvalue weighted by Crippen LogP contribution is 2.21. The molecule has 14 heavy (non-hydrogen) atoms. The molecule has 0 saturated heterocycles. The fourth-order valence-electron chi connectivity index (χ4n) is 1.47. The van der Waals surface area contributed by atoms with Gasteiger partial charge in [0.05, 0.1) is 11.7 Å². The summed E-state index contributed by atoms with van der Waals surface area (Å²) in [4.78, 5) is 4.17. The average Bonchev–Trinajstić information content (AvgIpc) is 2.66. The Morgan fingerprint density at radius 2 is 2.07 bits per heavy atom. The van der Waals surface area contributed by atoms with Crippen molar-refractivity contribution in [2.75, 3.05) is 0 Å². The first-order valence-corrected chi connectivity index (χ1v) is 4.49. The maximum Gasteiger partial charge on any atom is 0.177 e. The topological polar surface area (TPSA) is 43.1 Å². The highest BCUT2D eigenvalue weighted by Gasteiger charge is 2.06. The first-order valence-electron chi connectivity index (χ1n) is 4.11. The number of halogens is 1. The summed E-state index contributed by atoms with van der Waals surface area (Å²) in [6, 6.07) is 7.69. The third-order valence-electron chi connectivity index (χ3n) is 2.10. The van der Waals surface area contributed by atoms with Crippen molar-refractivity contribution in [2.24, 2.45) is 0 Å². The Hall–Kier alpha value is -1.68. The molecule has 0 aliphatic carbocycles. The number of benzene rings is 1. The summed E-state index contributed by atoms with van der Waals surface area (Å²) in [5.74, 6) is 0. The van der Waals surface area contributed by atoms with Crippen molar-refractivity contribution in [2.45, 2.75) is 0 Å². The van der Waals surface area contributed by atoms with E-state index in [0.29, 0.717) is 10.8 Å². The molecule has 4 nitrogen and oxygen atoms in total. The lowest BCUT2D eigenvalue weighted by atomic mass is 10.2. The molecule has 0 N–H and O–H groups in total. The molecule has 0 atom stereocenters. The fraction of sp³-hybridized carbons (Fsp3) is 0. The summed E-state index contributed by atoms with van der Waals surface area (Å²) in [5, 5.41) is 9.08. The molecule has 0 unspecified atom stereocenters. The molecule has 3 aromatic rings. The predicted molar refractivity (Wildman–Crippen MR) is 53.3 cm³/mol. The van der Waals surface area contributed by atoms with Crippen molar-refractivity contribution in [3.05, 3.63) is 35.6 Å². The molecule has 1 aromatic carbocycles. The summed E-state index contributed by atoms with van der Waals surface area (Å²) < 4.78 is 1.67. The number of hydrogen-bond acceptors (Lipinski definition) is 3. The second kappa shape index (κ2) is 2.65. The van der Waals surface area contributed by atoms with E-state index in [4.69, 9.17) is 11.6 Å². The van der Waals surface area contributed by atoms with E-state index < -0.39 is 0 Å². The van der Waals surface area contributed by atoms with Crippen molar-refractivity contribution in [3.63, 3.8) is 0 Å². The van der Waals surface area contributed by atoms with E-state index in [-0.39, 0.29) is 0 Å². The molecular formula is C9H5ClN4. The minimum atomic E-state index is 0.482. The molecule has 2 aromatic heterocycles. The molecular weight excluding hydrogens is 200 g/mol. The highest BCUT2D eigenvalue weighted by atomic mass is 35.5. The normalized spacial score (nSPS) is 11.2. The van der Waals surface area contributed by atoms with Gasteiger partial charge in [0.1, 0.15) is 5.15 Å². The second-order valence-electron chi connectivity index (χ2n) is 2.92. The summed E-state index contributed by atoms with van der Waals surface area (Å²) in [5.41, 5.74) is 1.58. The molecule has 3 rings (SSSR count). The van der Waals surface area contributed by atoms with E-state index in [9.17, 15) is 0 Å². The van der Waals surface area contributed by atoms with Crippen LogP contribution in [0.2, 0.25) is 5.15 Å². The quantitative estimate of drug-likeness (QED) is 0.526. The molecule has 0 aliphatic heterocycles. The van der Waals surface area contributed by atoms with E-state index in [0.717, 1.165) is 10.9 Å². The molecule has 0 aliphatic rings. The van der Waals surface area contributed by atoms with Crippen LogP contribution in [0.1, 0.15) is 0 Å². The number of rotatable bonds is 0. The monoisotopic (exact) mass is 204 g/mol. The Kier molecular flexibility index (Phi) is 1.46. The van der Waals surface area contributed by atoms with Gasteiger partial charge in [0.15, 0.2) is 5.65 Å². The largest absolute Gasteiger partial charge is 0.214 e. The number of para-hydroxylation sites is 1. The predicted octanol–water partition coefficient (Wildman–Crippen LogP) is 1.93. The Labute approximate surface area is 84.1 Å². The Bertz CT molecular complexity index is 616. The first kappa shape index (κ1) is 7.70. The maximum absolute atomic E-state index is 6.01. The molecule has 0 fully saturated rings. The number of nitrogens with zero attached hydrogens (tertiary/aromatic N) is 4. The van der Waals surface area contributed by atoms with Crippen molar-refractivity contribution in [1.29, 1.82) is 0 Å². The van der Waals surface area contributed by atoms with Gasteiger partial charge < -0.3 is 0 Å². The van der Waals surface area contributed by atoms with Crippen LogP contribution in [0.3, 0.4) is 0 Å². The van der Waals surface area contributed by atoms with Crippen LogP contribution in [-0.2, 0) is 0 Å². The van der Waals surface area contributed by atoms with Gasteiger partial charge in [-0.05, 0) is 12.1 Å². The Morgan fingerprint density at radius 3 is 3.00 bits per heavy atom. The van der Waals surface area contributed by atoms with Gasteiger partial charge >= 0.3 is 0 Å². The lowest BCUT2D eigenvalue weighted by molar-refractivity contribution is 0.875. The second-order valence-corrected chi connectivity index (χ2v) is 3.28. The van der Waals surface area contributed by atoms with Crippen LogP contribution in [0, 0.1) is 0 Å². The van der Waals surface area contributed by atoms with Gasteiger partial charge in [-0.2, -0.15) is 4.52 Å². The zero-order valence-corrected chi connectivity index (χ0v) is 7.81. The van der Waals surface area contributed by atoms with Crippen LogP contribution in [0.15, 0.2) is 30.5 Å². The molecule has 0 saturated carbocycles. The lowest BCUT2D eigenvalue weighted by Gasteiger charge is -2.00. The molecule has 68 valence electrons. The van der Waals surface area contributed by atoms with E-state index in [1.54, 1.807) is 10.7 Å². The number of hydrogen-bond donors (Lipinski definition) is 0. The zero-order valence-electron chi connectivity index (χ0n) is 7.05. The number of fused-ring (bicyclic) bond motifs is 3. The molecule has 0 bridgehead atoms. The van der Waals surface area contributed by atoms with Gasteiger partial charge in [-0.25, -0.2) is 4.98 Å². The standard InChI is InChI=1S/C9H5ClN4/c10-9-6-3-1-2-4-7(6)14-8(12-9)5-11-13-14/h1-5H. The molecule has 0 amide bonds. The van der Waals surface area contributed by atoms with Gasteiger partial charge in [-0.3, -0.25) is 0 Å². The van der Waals surface area contributed by atoms with Gasteiger partial charge in [0.25, 0.3) is 0 Å². The van der Waals surface area contributed by atoms with Crippen LogP contribution >= 0.6 is 11.6 Å². The average molecular weight is 205 g/mol. The Morgan fingerprint density at radius 1 is 1.21 bits per heavy atom. The van der Waals surface area contributed by atoms with Gasteiger partial charge in [0.2, 0.25) is 0 Å². The smallest absolute Gasteiger partial charge is 0.177 e. The van der Waals surface area contributed by atoms with E-state index in [2.05, 4.69) is 15.3 Å². The minimum Gasteiger partial charge on any atom is -0.214 e. The van der Waals surface area contributed by atoms with Crippen molar-refractivity contribution >= 4 is 28.2 Å². The van der Waals surface area contributed by atoms with Gasteiger partial charge in [0, 0.05) is 5.39 Å². The zero-order chi connectivity index (χ0) is 9.54. The minimum absolute atomic E-state index is 0.482.